The van der Waals surface area contributed by atoms with E-state index in [2.05, 4.69) is 25.2 Å². The minimum Gasteiger partial charge on any atom is -0.383 e. The Labute approximate surface area is 180 Å². The van der Waals surface area contributed by atoms with Gasteiger partial charge in [-0.15, -0.1) is 0 Å². The molecule has 12 heteroatoms. The maximum atomic E-state index is 13.1. The van der Waals surface area contributed by atoms with Crippen LogP contribution in [0.3, 0.4) is 0 Å². The number of ether oxygens (including phenoxy) is 1. The summed E-state index contributed by atoms with van der Waals surface area (Å²) < 4.78 is 46.4. The first-order valence-corrected chi connectivity index (χ1v) is 9.90. The Hall–Kier alpha value is -3.67. The molecule has 0 bridgehead atoms. The number of hydrogen-bond donors (Lipinski definition) is 2. The van der Waals surface area contributed by atoms with Crippen molar-refractivity contribution in [2.75, 3.05) is 30.4 Å². The molecule has 0 aromatic carbocycles. The summed E-state index contributed by atoms with van der Waals surface area (Å²) in [5, 5.41) is 11.8. The van der Waals surface area contributed by atoms with Crippen LogP contribution in [0.1, 0.15) is 12.6 Å². The first-order chi connectivity index (χ1) is 15.3. The Morgan fingerprint density at radius 2 is 2.03 bits per heavy atom. The van der Waals surface area contributed by atoms with Crippen molar-refractivity contribution in [1.82, 2.24) is 29.9 Å². The lowest BCUT2D eigenvalue weighted by Crippen LogP contribution is -2.44. The van der Waals surface area contributed by atoms with E-state index in [1.807, 2.05) is 13.0 Å². The average molecular weight is 444 g/mol. The van der Waals surface area contributed by atoms with Crippen molar-refractivity contribution in [3.05, 3.63) is 42.4 Å². The van der Waals surface area contributed by atoms with Gasteiger partial charge in [-0.3, -0.25) is 5.10 Å². The number of fused-ring (bicyclic) bond motifs is 1. The van der Waals surface area contributed by atoms with E-state index in [4.69, 9.17) is 15.5 Å². The van der Waals surface area contributed by atoms with E-state index in [0.717, 1.165) is 6.07 Å². The fraction of sp³-hybridized carbons (Fsp3) is 0.300. The van der Waals surface area contributed by atoms with Crippen molar-refractivity contribution >= 4 is 22.7 Å². The van der Waals surface area contributed by atoms with E-state index in [-0.39, 0.29) is 11.9 Å². The predicted molar refractivity (Wildman–Crippen MR) is 111 cm³/mol. The number of anilines is 2. The van der Waals surface area contributed by atoms with Crippen LogP contribution in [0, 0.1) is 0 Å². The highest BCUT2D eigenvalue weighted by atomic mass is 19.4. The Balaban J connectivity index is 1.73. The number of rotatable bonds is 3. The molecular formula is C20H19F3N8O. The number of nitrogens with two attached hydrogens (primary N) is 1. The molecule has 4 aromatic heterocycles. The quantitative estimate of drug-likeness (QED) is 0.500. The number of nitrogens with zero attached hydrogens (tertiary/aromatic N) is 6. The van der Waals surface area contributed by atoms with Crippen LogP contribution in [-0.4, -0.2) is 55.7 Å². The lowest BCUT2D eigenvalue weighted by Gasteiger charge is -2.34. The van der Waals surface area contributed by atoms with Crippen LogP contribution in [0.5, 0.6) is 0 Å². The largest absolute Gasteiger partial charge is 0.433 e. The van der Waals surface area contributed by atoms with Gasteiger partial charge in [-0.25, -0.2) is 9.97 Å². The van der Waals surface area contributed by atoms with Crippen LogP contribution >= 0.6 is 0 Å². The van der Waals surface area contributed by atoms with E-state index in [1.54, 1.807) is 23.1 Å². The maximum absolute atomic E-state index is 13.1. The van der Waals surface area contributed by atoms with Crippen LogP contribution < -0.4 is 10.6 Å². The van der Waals surface area contributed by atoms with Gasteiger partial charge in [0, 0.05) is 29.1 Å². The van der Waals surface area contributed by atoms with E-state index in [0.29, 0.717) is 53.6 Å². The second-order valence-corrected chi connectivity index (χ2v) is 7.51. The van der Waals surface area contributed by atoms with Gasteiger partial charge >= 0.3 is 6.18 Å². The lowest BCUT2D eigenvalue weighted by atomic mass is 10.0. The highest BCUT2D eigenvalue weighted by molar-refractivity contribution is 5.97. The summed E-state index contributed by atoms with van der Waals surface area (Å²) in [6.45, 7) is 3.73. The van der Waals surface area contributed by atoms with Gasteiger partial charge in [-0.2, -0.15) is 28.1 Å². The third-order valence-corrected chi connectivity index (χ3v) is 5.41. The van der Waals surface area contributed by atoms with Crippen molar-refractivity contribution < 1.29 is 17.9 Å². The van der Waals surface area contributed by atoms with Gasteiger partial charge in [0.2, 0.25) is 0 Å². The molecule has 1 aliphatic heterocycles. The minimum atomic E-state index is -4.58. The van der Waals surface area contributed by atoms with Gasteiger partial charge in [-0.05, 0) is 25.1 Å². The monoisotopic (exact) mass is 444 g/mol. The molecule has 0 saturated carbocycles. The Bertz CT molecular complexity index is 1270. The Morgan fingerprint density at radius 1 is 1.19 bits per heavy atom. The normalized spacial score (nSPS) is 17.2. The van der Waals surface area contributed by atoms with Gasteiger partial charge in [0.1, 0.15) is 17.3 Å². The zero-order chi connectivity index (χ0) is 22.5. The van der Waals surface area contributed by atoms with Gasteiger partial charge in [0.25, 0.3) is 0 Å². The molecular weight excluding hydrogens is 425 g/mol. The number of aromatic amines is 1. The van der Waals surface area contributed by atoms with E-state index in [9.17, 15) is 13.2 Å². The summed E-state index contributed by atoms with van der Waals surface area (Å²) >= 11 is 0. The third-order valence-electron chi connectivity index (χ3n) is 5.41. The number of nitrogen functional groups attached to an aromatic ring is 1. The molecule has 0 radical (unpaired) electrons. The summed E-state index contributed by atoms with van der Waals surface area (Å²) in [4.78, 5) is 10.5. The zero-order valence-electron chi connectivity index (χ0n) is 17.0. The Morgan fingerprint density at radius 3 is 2.72 bits per heavy atom. The number of nitrogens with one attached hydrogen (secondary N) is 1. The van der Waals surface area contributed by atoms with Crippen molar-refractivity contribution in [1.29, 1.82) is 0 Å². The van der Waals surface area contributed by atoms with Gasteiger partial charge in [0.05, 0.1) is 31.6 Å². The Kier molecular flexibility index (Phi) is 4.73. The van der Waals surface area contributed by atoms with E-state index >= 15 is 0 Å². The summed E-state index contributed by atoms with van der Waals surface area (Å²) in [6, 6.07) is 5.87. The SMILES string of the molecule is C[C@@H]1COCCN1c1cc(-c2ccc(C(F)(F)F)nc2N)c2cnn(-c3ccn[nH]3)c2n1. The molecule has 1 fully saturated rings. The summed E-state index contributed by atoms with van der Waals surface area (Å²) in [7, 11) is 0. The van der Waals surface area contributed by atoms with Crippen LogP contribution in [-0.2, 0) is 10.9 Å². The highest BCUT2D eigenvalue weighted by Crippen LogP contribution is 2.37. The molecule has 166 valence electrons. The molecule has 1 aliphatic rings. The molecule has 1 saturated heterocycles. The molecule has 1 atom stereocenters. The van der Waals surface area contributed by atoms with Crippen molar-refractivity contribution in [3.63, 3.8) is 0 Å². The van der Waals surface area contributed by atoms with Gasteiger partial charge < -0.3 is 15.4 Å². The number of hydrogen-bond acceptors (Lipinski definition) is 7. The number of H-pyrrole nitrogens is 1. The molecule has 4 aromatic rings. The van der Waals surface area contributed by atoms with E-state index in [1.165, 1.54) is 6.07 Å². The molecule has 3 N–H and O–H groups in total. The molecule has 9 nitrogen and oxygen atoms in total. The molecule has 0 spiro atoms. The lowest BCUT2D eigenvalue weighted by molar-refractivity contribution is -0.141. The van der Waals surface area contributed by atoms with Crippen molar-refractivity contribution in [2.45, 2.75) is 19.1 Å². The zero-order valence-corrected chi connectivity index (χ0v) is 17.0. The topological polar surface area (TPSA) is 111 Å². The number of alkyl halides is 3. The van der Waals surface area contributed by atoms with E-state index < -0.39 is 11.9 Å². The smallest absolute Gasteiger partial charge is 0.383 e. The molecule has 0 amide bonds. The third kappa shape index (κ3) is 3.42. The number of morpholine rings is 1. The fourth-order valence-corrected chi connectivity index (χ4v) is 3.83. The molecule has 32 heavy (non-hydrogen) atoms. The first kappa shape index (κ1) is 20.2. The number of pyridine rings is 2. The van der Waals surface area contributed by atoms with Crippen molar-refractivity contribution in [3.8, 4) is 16.9 Å². The standard InChI is InChI=1S/C20H19F3N8O/c1-11-10-32-7-6-30(11)17-8-13(12-2-3-15(20(21,22)23)27-18(12)24)14-9-26-31(19(14)28-17)16-4-5-25-29-16/h2-5,8-9,11H,6-7,10H2,1H3,(H2,24,27)(H,25,29)/t11-/m1/s1. The van der Waals surface area contributed by atoms with Gasteiger partial charge in [-0.1, -0.05) is 0 Å². The van der Waals surface area contributed by atoms with Crippen LogP contribution in [0.15, 0.2) is 36.7 Å². The highest BCUT2D eigenvalue weighted by Gasteiger charge is 2.33. The minimum absolute atomic E-state index is 0.0631. The van der Waals surface area contributed by atoms with Crippen LogP contribution in [0.2, 0.25) is 0 Å². The average Bonchev–Trinajstić information content (AvgIpc) is 3.42. The summed E-state index contributed by atoms with van der Waals surface area (Å²) in [5.41, 5.74) is 6.42. The molecule has 0 unspecified atom stereocenters. The predicted octanol–water partition coefficient (Wildman–Crippen LogP) is 3.03. The summed E-state index contributed by atoms with van der Waals surface area (Å²) in [6.07, 6.45) is -1.39. The second kappa shape index (κ2) is 7.48. The molecule has 0 aliphatic carbocycles. The van der Waals surface area contributed by atoms with Gasteiger partial charge in [0.15, 0.2) is 11.5 Å². The summed E-state index contributed by atoms with van der Waals surface area (Å²) in [5.74, 6) is 1.02. The second-order valence-electron chi connectivity index (χ2n) is 7.51. The molecule has 5 rings (SSSR count). The van der Waals surface area contributed by atoms with Crippen LogP contribution in [0.25, 0.3) is 28.0 Å². The maximum Gasteiger partial charge on any atom is 0.433 e. The number of aromatic nitrogens is 6. The molecule has 5 heterocycles. The number of halogens is 3. The first-order valence-electron chi connectivity index (χ1n) is 9.90. The van der Waals surface area contributed by atoms with Crippen molar-refractivity contribution in [2.24, 2.45) is 0 Å². The fourth-order valence-electron chi connectivity index (χ4n) is 3.83. The van der Waals surface area contributed by atoms with Crippen LogP contribution in [0.4, 0.5) is 24.8 Å².